The summed E-state index contributed by atoms with van der Waals surface area (Å²) in [6.07, 6.45) is 10.7. The minimum absolute atomic E-state index is 0.00504. The Bertz CT molecular complexity index is 390. The Morgan fingerprint density at radius 2 is 1.96 bits per heavy atom. The molecule has 2 amide bonds. The largest absolute Gasteiger partial charge is 0.375 e. The summed E-state index contributed by atoms with van der Waals surface area (Å²) in [6, 6.07) is 0.465. The predicted octanol–water partition coefficient (Wildman–Crippen LogP) is 2.65. The second kappa shape index (κ2) is 7.84. The van der Waals surface area contributed by atoms with E-state index in [1.54, 1.807) is 0 Å². The van der Waals surface area contributed by atoms with Crippen molar-refractivity contribution in [3.05, 3.63) is 0 Å². The van der Waals surface area contributed by atoms with Crippen molar-refractivity contribution in [1.29, 1.82) is 0 Å². The molecule has 2 N–H and O–H groups in total. The summed E-state index contributed by atoms with van der Waals surface area (Å²) in [5.74, 6) is 0. The fourth-order valence-corrected chi connectivity index (χ4v) is 4.54. The van der Waals surface area contributed by atoms with Crippen molar-refractivity contribution in [3.63, 3.8) is 0 Å². The minimum Gasteiger partial charge on any atom is -0.375 e. The molecule has 2 unspecified atom stereocenters. The van der Waals surface area contributed by atoms with E-state index < -0.39 is 0 Å². The summed E-state index contributed by atoms with van der Waals surface area (Å²) in [4.78, 5) is 14.8. The Morgan fingerprint density at radius 1 is 1.22 bits per heavy atom. The normalized spacial score (nSPS) is 29.3. The molecule has 3 fully saturated rings. The Kier molecular flexibility index (Phi) is 5.81. The standard InChI is InChI=1S/C18H33N3O2/c1-15(14-21-10-5-2-6-11-21)19-17(22)20-16-7-12-23-18(13-16)8-3-4-9-18/h15-16H,2-14H2,1H3,(H2,19,20,22). The highest BCUT2D eigenvalue weighted by Crippen LogP contribution is 2.39. The first-order valence-electron chi connectivity index (χ1n) is 9.59. The third-order valence-corrected chi connectivity index (χ3v) is 5.70. The molecule has 1 saturated carbocycles. The molecule has 23 heavy (non-hydrogen) atoms. The average Bonchev–Trinajstić information content (AvgIpc) is 2.95. The number of nitrogens with one attached hydrogen (secondary N) is 2. The first-order chi connectivity index (χ1) is 11.2. The number of piperidine rings is 1. The van der Waals surface area contributed by atoms with Crippen LogP contribution < -0.4 is 10.6 Å². The molecule has 3 aliphatic rings. The molecule has 0 aromatic rings. The lowest BCUT2D eigenvalue weighted by Gasteiger charge is -2.38. The number of urea groups is 1. The van der Waals surface area contributed by atoms with Gasteiger partial charge in [0, 0.05) is 25.2 Å². The van der Waals surface area contributed by atoms with Gasteiger partial charge in [0.15, 0.2) is 0 Å². The van der Waals surface area contributed by atoms with Gasteiger partial charge in [-0.05, 0) is 58.5 Å². The predicted molar refractivity (Wildman–Crippen MR) is 91.6 cm³/mol. The van der Waals surface area contributed by atoms with E-state index in [2.05, 4.69) is 22.5 Å². The molecule has 0 aromatic carbocycles. The van der Waals surface area contributed by atoms with Gasteiger partial charge >= 0.3 is 6.03 Å². The van der Waals surface area contributed by atoms with Crippen LogP contribution >= 0.6 is 0 Å². The summed E-state index contributed by atoms with van der Waals surface area (Å²) in [7, 11) is 0. The molecule has 0 bridgehead atoms. The fourth-order valence-electron chi connectivity index (χ4n) is 4.54. The maximum Gasteiger partial charge on any atom is 0.315 e. The van der Waals surface area contributed by atoms with Crippen LogP contribution in [0, 0.1) is 0 Å². The van der Waals surface area contributed by atoms with Crippen molar-refractivity contribution in [1.82, 2.24) is 15.5 Å². The van der Waals surface area contributed by atoms with Crippen molar-refractivity contribution in [2.45, 2.75) is 82.4 Å². The third-order valence-electron chi connectivity index (χ3n) is 5.70. The van der Waals surface area contributed by atoms with Gasteiger partial charge in [0.05, 0.1) is 5.60 Å². The Labute approximate surface area is 140 Å². The number of carbonyl (C=O) groups excluding carboxylic acids is 1. The molecular weight excluding hydrogens is 290 g/mol. The molecular formula is C18H33N3O2. The summed E-state index contributed by atoms with van der Waals surface area (Å²) in [5, 5.41) is 6.31. The number of carbonyl (C=O) groups is 1. The molecule has 5 nitrogen and oxygen atoms in total. The monoisotopic (exact) mass is 323 g/mol. The van der Waals surface area contributed by atoms with Crippen molar-refractivity contribution in [2.24, 2.45) is 0 Å². The average molecular weight is 323 g/mol. The van der Waals surface area contributed by atoms with E-state index in [9.17, 15) is 4.79 Å². The molecule has 2 heterocycles. The molecule has 0 aromatic heterocycles. The highest BCUT2D eigenvalue weighted by Gasteiger charge is 2.40. The quantitative estimate of drug-likeness (QED) is 0.836. The summed E-state index contributed by atoms with van der Waals surface area (Å²) < 4.78 is 6.04. The number of ether oxygens (including phenoxy) is 1. The molecule has 3 rings (SSSR count). The SMILES string of the molecule is CC(CN1CCCCC1)NC(=O)NC1CCOC2(CCCC2)C1. The van der Waals surface area contributed by atoms with E-state index in [0.29, 0.717) is 0 Å². The van der Waals surface area contributed by atoms with Gasteiger partial charge in [-0.25, -0.2) is 4.79 Å². The minimum atomic E-state index is -0.00504. The van der Waals surface area contributed by atoms with E-state index in [1.165, 1.54) is 45.2 Å². The molecule has 132 valence electrons. The van der Waals surface area contributed by atoms with Crippen molar-refractivity contribution >= 4 is 6.03 Å². The van der Waals surface area contributed by atoms with E-state index in [1.807, 2.05) is 0 Å². The first-order valence-corrected chi connectivity index (χ1v) is 9.59. The molecule has 1 aliphatic carbocycles. The number of likely N-dealkylation sites (tertiary alicyclic amines) is 1. The van der Waals surface area contributed by atoms with Gasteiger partial charge in [-0.2, -0.15) is 0 Å². The van der Waals surface area contributed by atoms with Gasteiger partial charge in [0.25, 0.3) is 0 Å². The smallest absolute Gasteiger partial charge is 0.315 e. The topological polar surface area (TPSA) is 53.6 Å². The van der Waals surface area contributed by atoms with Crippen LogP contribution in [0.2, 0.25) is 0 Å². The fraction of sp³-hybridized carbons (Fsp3) is 0.944. The van der Waals surface area contributed by atoms with Gasteiger partial charge in [-0.1, -0.05) is 19.3 Å². The molecule has 2 atom stereocenters. The second-order valence-corrected chi connectivity index (χ2v) is 7.81. The lowest BCUT2D eigenvalue weighted by Crippen LogP contribution is -2.53. The number of hydrogen-bond donors (Lipinski definition) is 2. The molecule has 2 aliphatic heterocycles. The van der Waals surface area contributed by atoms with Gasteiger partial charge in [-0.3, -0.25) is 0 Å². The molecule has 2 saturated heterocycles. The van der Waals surface area contributed by atoms with Crippen LogP contribution in [0.25, 0.3) is 0 Å². The van der Waals surface area contributed by atoms with Crippen molar-refractivity contribution in [3.8, 4) is 0 Å². The third kappa shape index (κ3) is 4.83. The zero-order valence-electron chi connectivity index (χ0n) is 14.6. The Hall–Kier alpha value is -0.810. The summed E-state index contributed by atoms with van der Waals surface area (Å²) in [6.45, 7) is 6.21. The van der Waals surface area contributed by atoms with Gasteiger partial charge in [0.1, 0.15) is 0 Å². The summed E-state index contributed by atoms with van der Waals surface area (Å²) >= 11 is 0. The maximum absolute atomic E-state index is 12.3. The van der Waals surface area contributed by atoms with Crippen LogP contribution in [0.5, 0.6) is 0 Å². The van der Waals surface area contributed by atoms with Gasteiger partial charge < -0.3 is 20.3 Å². The number of rotatable bonds is 4. The van der Waals surface area contributed by atoms with E-state index in [-0.39, 0.29) is 23.7 Å². The van der Waals surface area contributed by atoms with Crippen molar-refractivity contribution < 1.29 is 9.53 Å². The van der Waals surface area contributed by atoms with Crippen LogP contribution in [0.15, 0.2) is 0 Å². The maximum atomic E-state index is 12.3. The Balaban J connectivity index is 1.39. The van der Waals surface area contributed by atoms with Crippen LogP contribution in [0.1, 0.15) is 64.7 Å². The number of nitrogens with zero attached hydrogens (tertiary/aromatic N) is 1. The highest BCUT2D eigenvalue weighted by molar-refractivity contribution is 5.74. The van der Waals surface area contributed by atoms with E-state index in [0.717, 1.165) is 38.8 Å². The number of amides is 2. The van der Waals surface area contributed by atoms with Crippen molar-refractivity contribution in [2.75, 3.05) is 26.2 Å². The van der Waals surface area contributed by atoms with Crippen LogP contribution in [0.3, 0.4) is 0 Å². The molecule has 5 heteroatoms. The molecule has 0 radical (unpaired) electrons. The number of hydrogen-bond acceptors (Lipinski definition) is 3. The Morgan fingerprint density at radius 3 is 2.70 bits per heavy atom. The summed E-state index contributed by atoms with van der Waals surface area (Å²) in [5.41, 5.74) is 0.0651. The van der Waals surface area contributed by atoms with Crippen LogP contribution in [0.4, 0.5) is 4.79 Å². The van der Waals surface area contributed by atoms with Crippen LogP contribution in [-0.2, 0) is 4.74 Å². The second-order valence-electron chi connectivity index (χ2n) is 7.81. The van der Waals surface area contributed by atoms with Crippen LogP contribution in [-0.4, -0.2) is 54.9 Å². The van der Waals surface area contributed by atoms with E-state index in [4.69, 9.17) is 4.74 Å². The zero-order valence-corrected chi connectivity index (χ0v) is 14.6. The zero-order chi connectivity index (χ0) is 16.1. The highest BCUT2D eigenvalue weighted by atomic mass is 16.5. The lowest BCUT2D eigenvalue weighted by atomic mass is 9.89. The van der Waals surface area contributed by atoms with E-state index >= 15 is 0 Å². The van der Waals surface area contributed by atoms with Gasteiger partial charge in [0.2, 0.25) is 0 Å². The van der Waals surface area contributed by atoms with Gasteiger partial charge in [-0.15, -0.1) is 0 Å². The molecule has 1 spiro atoms. The first kappa shape index (κ1) is 17.0. The lowest BCUT2D eigenvalue weighted by molar-refractivity contribution is -0.0820.